The molecule has 0 spiro atoms. The van der Waals surface area contributed by atoms with E-state index in [-0.39, 0.29) is 36.0 Å². The zero-order valence-electron chi connectivity index (χ0n) is 26.7. The third-order valence-corrected chi connectivity index (χ3v) is 10.1. The number of amides is 3. The summed E-state index contributed by atoms with van der Waals surface area (Å²) in [5, 5.41) is 15.1. The Balaban J connectivity index is 1.25. The van der Waals surface area contributed by atoms with Gasteiger partial charge in [-0.3, -0.25) is 9.59 Å². The van der Waals surface area contributed by atoms with Crippen LogP contribution in [0.3, 0.4) is 0 Å². The number of carbonyl (C=O) groups excluding carboxylic acids is 3. The smallest absolute Gasteiger partial charge is 0.407 e. The normalized spacial score (nSPS) is 27.6. The molecular formula is C34H48FN3O7. The molecule has 3 N–H and O–H groups in total. The average Bonchev–Trinajstić information content (AvgIpc) is 3.64. The van der Waals surface area contributed by atoms with Gasteiger partial charge in [-0.2, -0.15) is 0 Å². The zero-order valence-corrected chi connectivity index (χ0v) is 26.7. The molecule has 10 nitrogen and oxygen atoms in total. The molecule has 3 amide bonds. The number of nitrogens with one attached hydrogen (secondary N) is 2. The SMILES string of the molecule is CC(C)(C)OC(=O)N[C@H](CF)[C@H]1CC[C@H](C(=O)N2CC[C@@H](C3CCCCC3)[C@H]2C(=O)Nc2ccc3c(c2)CC(C(=O)O)O3)CC1. The highest BCUT2D eigenvalue weighted by molar-refractivity contribution is 5.98. The first-order chi connectivity index (χ1) is 21.4. The summed E-state index contributed by atoms with van der Waals surface area (Å²) in [6, 6.07) is 3.92. The van der Waals surface area contributed by atoms with Gasteiger partial charge in [0.15, 0.2) is 6.10 Å². The largest absolute Gasteiger partial charge is 0.478 e. The van der Waals surface area contributed by atoms with Crippen molar-refractivity contribution in [3.63, 3.8) is 0 Å². The molecule has 0 radical (unpaired) electrons. The van der Waals surface area contributed by atoms with Crippen molar-refractivity contribution in [2.45, 2.75) is 115 Å². The van der Waals surface area contributed by atoms with Crippen LogP contribution in [-0.4, -0.2) is 70.9 Å². The number of nitrogens with zero attached hydrogens (tertiary/aromatic N) is 1. The van der Waals surface area contributed by atoms with Crippen molar-refractivity contribution in [1.29, 1.82) is 0 Å². The molecule has 3 fully saturated rings. The molecule has 5 rings (SSSR count). The van der Waals surface area contributed by atoms with Gasteiger partial charge in [-0.15, -0.1) is 0 Å². The fourth-order valence-electron chi connectivity index (χ4n) is 7.88. The van der Waals surface area contributed by atoms with Crippen LogP contribution in [0.2, 0.25) is 0 Å². The molecular weight excluding hydrogens is 581 g/mol. The molecule has 4 atom stereocenters. The Morgan fingerprint density at radius 3 is 2.40 bits per heavy atom. The summed E-state index contributed by atoms with van der Waals surface area (Å²) in [7, 11) is 0. The van der Waals surface area contributed by atoms with Crippen LogP contribution >= 0.6 is 0 Å². The third-order valence-electron chi connectivity index (χ3n) is 10.1. The second-order valence-electron chi connectivity index (χ2n) is 14.3. The molecule has 11 heteroatoms. The Hall–Kier alpha value is -3.37. The van der Waals surface area contributed by atoms with Crippen LogP contribution in [-0.2, 0) is 25.5 Å². The molecule has 4 aliphatic rings. The van der Waals surface area contributed by atoms with E-state index < -0.39 is 42.5 Å². The van der Waals surface area contributed by atoms with Gasteiger partial charge < -0.3 is 30.1 Å². The van der Waals surface area contributed by atoms with Gasteiger partial charge in [0.05, 0.1) is 6.04 Å². The lowest BCUT2D eigenvalue weighted by molar-refractivity contribution is -0.144. The number of benzene rings is 1. The molecule has 2 aliphatic heterocycles. The van der Waals surface area contributed by atoms with Crippen molar-refractivity contribution < 1.29 is 38.1 Å². The fraction of sp³-hybridized carbons (Fsp3) is 0.706. The van der Waals surface area contributed by atoms with Crippen molar-refractivity contribution >= 4 is 29.6 Å². The van der Waals surface area contributed by atoms with Crippen molar-refractivity contribution in [1.82, 2.24) is 10.2 Å². The number of alkyl carbamates (subject to hydrolysis) is 1. The van der Waals surface area contributed by atoms with Gasteiger partial charge in [0.2, 0.25) is 11.8 Å². The number of anilines is 1. The van der Waals surface area contributed by atoms with Crippen LogP contribution in [0.15, 0.2) is 18.2 Å². The maximum atomic E-state index is 14.0. The lowest BCUT2D eigenvalue weighted by Crippen LogP contribution is -2.50. The van der Waals surface area contributed by atoms with E-state index in [1.165, 1.54) is 6.42 Å². The average molecular weight is 630 g/mol. The van der Waals surface area contributed by atoms with Crippen LogP contribution in [0, 0.1) is 23.7 Å². The second-order valence-corrected chi connectivity index (χ2v) is 14.3. The molecule has 0 bridgehead atoms. The maximum absolute atomic E-state index is 14.0. The lowest BCUT2D eigenvalue weighted by Gasteiger charge is -2.37. The summed E-state index contributed by atoms with van der Waals surface area (Å²) in [6.07, 6.45) is 7.38. The van der Waals surface area contributed by atoms with Crippen molar-refractivity contribution in [2.24, 2.45) is 23.7 Å². The predicted molar refractivity (Wildman–Crippen MR) is 166 cm³/mol. The second kappa shape index (κ2) is 14.0. The van der Waals surface area contributed by atoms with Crippen LogP contribution in [0.4, 0.5) is 14.9 Å². The van der Waals surface area contributed by atoms with Gasteiger partial charge in [0, 0.05) is 30.1 Å². The highest BCUT2D eigenvalue weighted by Crippen LogP contribution is 2.42. The molecule has 2 heterocycles. The number of carbonyl (C=O) groups is 4. The van der Waals surface area contributed by atoms with Gasteiger partial charge in [0.25, 0.3) is 0 Å². The van der Waals surface area contributed by atoms with E-state index in [2.05, 4.69) is 10.6 Å². The summed E-state index contributed by atoms with van der Waals surface area (Å²) in [6.45, 7) is 5.11. The van der Waals surface area contributed by atoms with Gasteiger partial charge in [-0.1, -0.05) is 32.1 Å². The van der Waals surface area contributed by atoms with Crippen molar-refractivity contribution in [2.75, 3.05) is 18.5 Å². The highest BCUT2D eigenvalue weighted by atomic mass is 19.1. The van der Waals surface area contributed by atoms with E-state index in [1.807, 2.05) is 0 Å². The number of hydrogen-bond acceptors (Lipinski definition) is 6. The fourth-order valence-corrected chi connectivity index (χ4v) is 7.88. The van der Waals surface area contributed by atoms with Crippen LogP contribution in [0.1, 0.15) is 90.5 Å². The lowest BCUT2D eigenvalue weighted by atomic mass is 9.76. The standard InChI is InChI=1S/C34H48FN3O7/c1-34(2,3)45-33(43)37-26(19-35)21-9-11-22(12-10-21)31(40)38-16-15-25(20-7-5-4-6-8-20)29(38)30(39)36-24-13-14-27-23(17-24)18-28(44-27)32(41)42/h13-14,17,20-22,25-26,28-29H,4-12,15-16,18-19H2,1-3H3,(H,36,39)(H,37,43)(H,41,42)/t21-,22-,25-,26+,28?,29-/m0/s1. The van der Waals surface area contributed by atoms with Crippen molar-refractivity contribution in [3.05, 3.63) is 23.8 Å². The number of likely N-dealkylation sites (tertiary alicyclic amines) is 1. The third kappa shape index (κ3) is 7.90. The monoisotopic (exact) mass is 629 g/mol. The number of alkyl halides is 1. The molecule has 2 aliphatic carbocycles. The van der Waals surface area contributed by atoms with Crippen LogP contribution in [0.5, 0.6) is 5.75 Å². The quantitative estimate of drug-likeness (QED) is 0.347. The van der Waals surface area contributed by atoms with Crippen LogP contribution < -0.4 is 15.4 Å². The first kappa shape index (κ1) is 33.0. The number of rotatable bonds is 8. The summed E-state index contributed by atoms with van der Waals surface area (Å²) in [5.74, 6) is -0.637. The molecule has 0 aromatic heterocycles. The number of fused-ring (bicyclic) bond motifs is 1. The highest BCUT2D eigenvalue weighted by Gasteiger charge is 2.47. The Kier molecular flexibility index (Phi) is 10.2. The minimum Gasteiger partial charge on any atom is -0.478 e. The number of aliphatic carboxylic acids is 1. The van der Waals surface area contributed by atoms with Gasteiger partial charge in [-0.05, 0) is 88.8 Å². The zero-order chi connectivity index (χ0) is 32.3. The summed E-state index contributed by atoms with van der Waals surface area (Å²) in [4.78, 5) is 53.5. The molecule has 1 saturated heterocycles. The predicted octanol–water partition coefficient (Wildman–Crippen LogP) is 5.48. The first-order valence-corrected chi connectivity index (χ1v) is 16.6. The number of halogens is 1. The number of hydrogen-bond donors (Lipinski definition) is 3. The summed E-state index contributed by atoms with van der Waals surface area (Å²) in [5.41, 5.74) is 0.611. The van der Waals surface area contributed by atoms with E-state index in [0.29, 0.717) is 49.6 Å². The number of carboxylic acid groups (broad SMARTS) is 1. The Morgan fingerprint density at radius 1 is 1.04 bits per heavy atom. The molecule has 2 saturated carbocycles. The minimum absolute atomic E-state index is 0.0181. The van der Waals surface area contributed by atoms with E-state index in [1.54, 1.807) is 43.9 Å². The van der Waals surface area contributed by atoms with Gasteiger partial charge in [0.1, 0.15) is 24.1 Å². The van der Waals surface area contributed by atoms with Crippen LogP contribution in [0.25, 0.3) is 0 Å². The number of carboxylic acids is 1. The molecule has 1 unspecified atom stereocenters. The van der Waals surface area contributed by atoms with E-state index in [0.717, 1.165) is 37.7 Å². The Bertz CT molecular complexity index is 1250. The topological polar surface area (TPSA) is 134 Å². The molecule has 1 aromatic carbocycles. The molecule has 1 aromatic rings. The Morgan fingerprint density at radius 2 is 1.76 bits per heavy atom. The number of ether oxygens (including phenoxy) is 2. The summed E-state index contributed by atoms with van der Waals surface area (Å²) >= 11 is 0. The molecule has 45 heavy (non-hydrogen) atoms. The van der Waals surface area contributed by atoms with E-state index in [9.17, 15) is 28.7 Å². The minimum atomic E-state index is -1.03. The van der Waals surface area contributed by atoms with E-state index >= 15 is 0 Å². The summed E-state index contributed by atoms with van der Waals surface area (Å²) < 4.78 is 24.8. The Labute approximate surface area is 264 Å². The maximum Gasteiger partial charge on any atom is 0.407 e. The van der Waals surface area contributed by atoms with Crippen molar-refractivity contribution in [3.8, 4) is 5.75 Å². The van der Waals surface area contributed by atoms with Gasteiger partial charge >= 0.3 is 12.1 Å². The van der Waals surface area contributed by atoms with E-state index in [4.69, 9.17) is 9.47 Å². The first-order valence-electron chi connectivity index (χ1n) is 16.6. The molecule has 248 valence electrons. The van der Waals surface area contributed by atoms with Gasteiger partial charge in [-0.25, -0.2) is 14.0 Å².